The summed E-state index contributed by atoms with van der Waals surface area (Å²) in [6.07, 6.45) is -1.84. The molecule has 40 heavy (non-hydrogen) atoms. The van der Waals surface area contributed by atoms with Gasteiger partial charge in [-0.1, -0.05) is 24.3 Å². The number of rotatable bonds is 6. The molecule has 1 aliphatic rings. The van der Waals surface area contributed by atoms with Crippen LogP contribution in [0, 0.1) is 17.1 Å². The molecule has 2 heterocycles. The average molecular weight is 552 g/mol. The lowest BCUT2D eigenvalue weighted by Gasteiger charge is -2.35. The van der Waals surface area contributed by atoms with Crippen molar-refractivity contribution in [1.29, 1.82) is 5.26 Å². The van der Waals surface area contributed by atoms with E-state index in [2.05, 4.69) is 9.72 Å². The summed E-state index contributed by atoms with van der Waals surface area (Å²) in [4.78, 5) is 32.2. The number of halogens is 4. The monoisotopic (exact) mass is 551 g/mol. The molecule has 0 saturated carbocycles. The molecule has 0 spiro atoms. The van der Waals surface area contributed by atoms with Crippen molar-refractivity contribution in [2.24, 2.45) is 0 Å². The zero-order valence-corrected chi connectivity index (χ0v) is 20.9. The van der Waals surface area contributed by atoms with Gasteiger partial charge < -0.3 is 14.2 Å². The molecule has 1 aliphatic heterocycles. The number of ether oxygens (including phenoxy) is 1. The Morgan fingerprint density at radius 1 is 1.07 bits per heavy atom. The Morgan fingerprint density at radius 2 is 1.90 bits per heavy atom. The molecule has 1 amide bonds. The number of benzene rings is 3. The highest BCUT2D eigenvalue weighted by molar-refractivity contribution is 6.05. The number of hydrogen-bond donors (Lipinski definition) is 0. The second kappa shape index (κ2) is 10.8. The van der Waals surface area contributed by atoms with Crippen LogP contribution in [0.1, 0.15) is 16.8 Å². The van der Waals surface area contributed by atoms with Gasteiger partial charge in [0.2, 0.25) is 5.91 Å². The van der Waals surface area contributed by atoms with Gasteiger partial charge in [0.25, 0.3) is 0 Å². The van der Waals surface area contributed by atoms with Gasteiger partial charge in [-0.25, -0.2) is 14.2 Å². The quantitative estimate of drug-likeness (QED) is 0.200. The molecule has 0 radical (unpaired) electrons. The summed E-state index contributed by atoms with van der Waals surface area (Å²) >= 11 is 0. The number of esters is 1. The number of hydrogen-bond acceptors (Lipinski definition) is 6. The number of alkyl halides is 3. The second-order valence-electron chi connectivity index (χ2n) is 9.24. The van der Waals surface area contributed by atoms with E-state index < -0.39 is 18.0 Å². The van der Waals surface area contributed by atoms with Crippen LogP contribution in [-0.4, -0.2) is 52.1 Å². The van der Waals surface area contributed by atoms with Gasteiger partial charge in [-0.2, -0.15) is 18.4 Å². The van der Waals surface area contributed by atoms with Crippen molar-refractivity contribution < 1.29 is 31.9 Å². The van der Waals surface area contributed by atoms with Crippen LogP contribution in [0.25, 0.3) is 10.8 Å². The Kier molecular flexibility index (Phi) is 7.23. The average Bonchev–Trinajstić information content (AvgIpc) is 3.34. The Labute approximate surface area is 225 Å². The molecule has 0 atom stereocenters. The van der Waals surface area contributed by atoms with Crippen LogP contribution >= 0.6 is 0 Å². The summed E-state index contributed by atoms with van der Waals surface area (Å²) in [5.41, 5.74) is 1.94. The molecule has 1 fully saturated rings. The zero-order valence-electron chi connectivity index (χ0n) is 20.9. The highest BCUT2D eigenvalue weighted by Gasteiger charge is 2.41. The Morgan fingerprint density at radius 3 is 2.62 bits per heavy atom. The summed E-state index contributed by atoms with van der Waals surface area (Å²) in [7, 11) is 0. The molecule has 0 unspecified atom stereocenters. The fraction of sp³-hybridized carbons (Fsp3) is 0.214. The van der Waals surface area contributed by atoms with Crippen molar-refractivity contribution in [2.45, 2.75) is 19.3 Å². The lowest BCUT2D eigenvalue weighted by Crippen LogP contribution is -2.50. The van der Waals surface area contributed by atoms with Crippen LogP contribution in [0.2, 0.25) is 0 Å². The van der Waals surface area contributed by atoms with Gasteiger partial charge in [-0.3, -0.25) is 9.69 Å². The summed E-state index contributed by atoms with van der Waals surface area (Å²) in [5, 5.41) is 10.1. The first-order valence-corrected chi connectivity index (χ1v) is 12.1. The summed E-state index contributed by atoms with van der Waals surface area (Å²) in [6, 6.07) is 15.5. The van der Waals surface area contributed by atoms with Crippen molar-refractivity contribution in [3.8, 4) is 11.8 Å². The second-order valence-corrected chi connectivity index (χ2v) is 9.24. The Bertz CT molecular complexity index is 1640. The van der Waals surface area contributed by atoms with Gasteiger partial charge in [0.05, 0.1) is 29.8 Å². The molecular weight excluding hydrogens is 530 g/mol. The number of anilines is 1. The van der Waals surface area contributed by atoms with Crippen molar-refractivity contribution >= 4 is 28.3 Å². The first-order valence-electron chi connectivity index (χ1n) is 12.1. The molecule has 5 rings (SSSR count). The van der Waals surface area contributed by atoms with Gasteiger partial charge in [0.1, 0.15) is 17.6 Å². The van der Waals surface area contributed by atoms with Crippen molar-refractivity contribution in [1.82, 2.24) is 14.5 Å². The van der Waals surface area contributed by atoms with Crippen LogP contribution < -0.4 is 9.64 Å². The molecule has 1 aromatic heterocycles. The van der Waals surface area contributed by atoms with Crippen molar-refractivity contribution in [3.05, 3.63) is 89.8 Å². The summed E-state index contributed by atoms with van der Waals surface area (Å²) in [5.74, 6) is -3.40. The van der Waals surface area contributed by atoms with Gasteiger partial charge in [0.15, 0.2) is 0 Å². The van der Waals surface area contributed by atoms with E-state index in [0.29, 0.717) is 48.2 Å². The fourth-order valence-electron chi connectivity index (χ4n) is 4.61. The highest BCUT2D eigenvalue weighted by atomic mass is 19.4. The molecule has 0 aliphatic carbocycles. The number of piperazine rings is 1. The number of carbonyl (C=O) groups is 2. The van der Waals surface area contributed by atoms with E-state index in [-0.39, 0.29) is 23.8 Å². The third-order valence-electron chi connectivity index (χ3n) is 6.55. The molecule has 1 saturated heterocycles. The zero-order chi connectivity index (χ0) is 28.4. The topological polar surface area (TPSA) is 91.5 Å². The number of amides is 1. The van der Waals surface area contributed by atoms with Crippen LogP contribution in [0.15, 0.2) is 67.1 Å². The minimum absolute atomic E-state index is 0.0317. The molecule has 3 aromatic carbocycles. The SMILES string of the molecule is N#Cc1ccc(Cn2cncc2CN2CCN(c3cccc4ccc(OC(=O)C(F)(F)F)cc34)C(=O)C2)cc1F. The van der Waals surface area contributed by atoms with E-state index in [0.717, 1.165) is 5.69 Å². The van der Waals surface area contributed by atoms with Gasteiger partial charge in [-0.05, 0) is 41.3 Å². The molecule has 4 aromatic rings. The van der Waals surface area contributed by atoms with E-state index in [4.69, 9.17) is 5.26 Å². The van der Waals surface area contributed by atoms with Gasteiger partial charge >= 0.3 is 12.1 Å². The predicted molar refractivity (Wildman–Crippen MR) is 136 cm³/mol. The fourth-order valence-corrected chi connectivity index (χ4v) is 4.61. The first kappa shape index (κ1) is 26.8. The minimum atomic E-state index is -5.13. The van der Waals surface area contributed by atoms with Crippen LogP contribution in [0.4, 0.5) is 23.2 Å². The maximum Gasteiger partial charge on any atom is 0.491 e. The molecule has 0 N–H and O–H groups in total. The smallest absolute Gasteiger partial charge is 0.420 e. The number of nitrogens with zero attached hydrogens (tertiary/aromatic N) is 5. The lowest BCUT2D eigenvalue weighted by atomic mass is 10.1. The largest absolute Gasteiger partial charge is 0.491 e. The highest BCUT2D eigenvalue weighted by Crippen LogP contribution is 2.32. The van der Waals surface area contributed by atoms with E-state index >= 15 is 0 Å². The number of aromatic nitrogens is 2. The van der Waals surface area contributed by atoms with E-state index in [1.165, 1.54) is 30.3 Å². The third-order valence-corrected chi connectivity index (χ3v) is 6.55. The number of fused-ring (bicyclic) bond motifs is 1. The molecular formula is C28H21F4N5O3. The number of nitriles is 1. The maximum atomic E-state index is 14.0. The van der Waals surface area contributed by atoms with Gasteiger partial charge in [0, 0.05) is 37.8 Å². The third kappa shape index (κ3) is 5.64. The first-order chi connectivity index (χ1) is 19.1. The molecule has 204 valence electrons. The predicted octanol–water partition coefficient (Wildman–Crippen LogP) is 4.41. The lowest BCUT2D eigenvalue weighted by molar-refractivity contribution is -0.189. The molecule has 0 bridgehead atoms. The van der Waals surface area contributed by atoms with E-state index in [1.54, 1.807) is 47.8 Å². The van der Waals surface area contributed by atoms with E-state index in [9.17, 15) is 27.2 Å². The molecule has 8 nitrogen and oxygen atoms in total. The minimum Gasteiger partial charge on any atom is -0.420 e. The Hall–Kier alpha value is -4.76. The van der Waals surface area contributed by atoms with E-state index in [1.807, 2.05) is 9.47 Å². The van der Waals surface area contributed by atoms with Crippen LogP contribution in [-0.2, 0) is 22.7 Å². The van der Waals surface area contributed by atoms with Crippen LogP contribution in [0.5, 0.6) is 5.75 Å². The Balaban J connectivity index is 1.29. The standard InChI is InChI=1S/C28H21F4N5O3/c29-24-10-18(4-5-20(24)12-33)14-36-17-34-13-21(36)15-35-8-9-37(26(38)16-35)25-3-1-2-19-6-7-22(11-23(19)25)40-27(39)28(30,31)32/h1-7,10-11,13,17H,8-9,14-16H2. The number of imidazole rings is 1. The van der Waals surface area contributed by atoms with Gasteiger partial charge in [-0.15, -0.1) is 0 Å². The summed E-state index contributed by atoms with van der Waals surface area (Å²) < 4.78 is 58.3. The summed E-state index contributed by atoms with van der Waals surface area (Å²) in [6.45, 7) is 1.64. The van der Waals surface area contributed by atoms with Crippen molar-refractivity contribution in [3.63, 3.8) is 0 Å². The molecule has 12 heteroatoms. The number of carbonyl (C=O) groups excluding carboxylic acids is 2. The van der Waals surface area contributed by atoms with Crippen molar-refractivity contribution in [2.75, 3.05) is 24.5 Å². The normalized spacial score (nSPS) is 14.4. The maximum absolute atomic E-state index is 14.0. The van der Waals surface area contributed by atoms with Crippen LogP contribution in [0.3, 0.4) is 0 Å².